The highest BCUT2D eigenvalue weighted by atomic mass is 16.5. The summed E-state index contributed by atoms with van der Waals surface area (Å²) < 4.78 is 4.97. The van der Waals surface area contributed by atoms with Crippen LogP contribution in [0.5, 0.6) is 0 Å². The quantitative estimate of drug-likeness (QED) is 0.736. The van der Waals surface area contributed by atoms with Gasteiger partial charge in [-0.15, -0.1) is 0 Å². The highest BCUT2D eigenvalue weighted by Crippen LogP contribution is 2.43. The molecular formula is C18H31N3O4. The fraction of sp³-hybridized carbons (Fsp3) is 0.833. The third-order valence-electron chi connectivity index (χ3n) is 5.44. The summed E-state index contributed by atoms with van der Waals surface area (Å²) in [4.78, 5) is 38.2. The third-order valence-corrected chi connectivity index (χ3v) is 5.44. The maximum Gasteiger partial charge on any atom is 0.325 e. The van der Waals surface area contributed by atoms with Crippen LogP contribution >= 0.6 is 0 Å². The van der Waals surface area contributed by atoms with Gasteiger partial charge in [0.15, 0.2) is 0 Å². The molecule has 1 unspecified atom stereocenters. The molecule has 1 aliphatic carbocycles. The zero-order valence-corrected chi connectivity index (χ0v) is 16.0. The van der Waals surface area contributed by atoms with Crippen molar-refractivity contribution < 1.29 is 19.1 Å². The number of nitrogens with zero attached hydrogens (tertiary/aromatic N) is 1. The van der Waals surface area contributed by atoms with Crippen LogP contribution in [0.4, 0.5) is 4.79 Å². The molecule has 0 aromatic carbocycles. The van der Waals surface area contributed by atoms with Crippen LogP contribution in [0.1, 0.15) is 53.4 Å². The van der Waals surface area contributed by atoms with Crippen LogP contribution in [0.15, 0.2) is 0 Å². The second kappa shape index (κ2) is 7.32. The van der Waals surface area contributed by atoms with Crippen LogP contribution in [-0.2, 0) is 14.3 Å². The number of imide groups is 1. The summed E-state index contributed by atoms with van der Waals surface area (Å²) in [5, 5.41) is 5.59. The highest BCUT2D eigenvalue weighted by molar-refractivity contribution is 6.09. The Bertz CT molecular complexity index is 533. The molecular weight excluding hydrogens is 322 g/mol. The van der Waals surface area contributed by atoms with Gasteiger partial charge in [0.2, 0.25) is 5.91 Å². The maximum atomic E-state index is 12.8. The lowest BCUT2D eigenvalue weighted by Crippen LogP contribution is -2.51. The summed E-state index contributed by atoms with van der Waals surface area (Å²) in [5.41, 5.74) is -0.623. The molecule has 0 aromatic heterocycles. The van der Waals surface area contributed by atoms with E-state index >= 15 is 0 Å². The van der Waals surface area contributed by atoms with E-state index in [1.54, 1.807) is 7.11 Å². The first kappa shape index (κ1) is 19.7. The molecule has 2 aliphatic rings. The molecule has 25 heavy (non-hydrogen) atoms. The highest BCUT2D eigenvalue weighted by Gasteiger charge is 2.53. The minimum absolute atomic E-state index is 0.172. The number of ether oxygens (including phenoxy) is 1. The molecule has 7 nitrogen and oxygen atoms in total. The van der Waals surface area contributed by atoms with Crippen LogP contribution in [0.2, 0.25) is 0 Å². The summed E-state index contributed by atoms with van der Waals surface area (Å²) in [6.07, 6.45) is 3.08. The molecule has 1 atom stereocenters. The van der Waals surface area contributed by atoms with Crippen LogP contribution in [-0.4, -0.2) is 54.6 Å². The van der Waals surface area contributed by atoms with Crippen LogP contribution in [0.3, 0.4) is 0 Å². The van der Waals surface area contributed by atoms with Gasteiger partial charge < -0.3 is 15.4 Å². The molecule has 2 fully saturated rings. The second-order valence-electron chi connectivity index (χ2n) is 8.47. The lowest BCUT2D eigenvalue weighted by atomic mass is 9.67. The molecule has 1 saturated heterocycles. The summed E-state index contributed by atoms with van der Waals surface area (Å²) in [6, 6.07) is -0.636. The predicted molar refractivity (Wildman–Crippen MR) is 93.9 cm³/mol. The topological polar surface area (TPSA) is 87.7 Å². The van der Waals surface area contributed by atoms with Gasteiger partial charge in [-0.05, 0) is 43.9 Å². The molecule has 2 N–H and O–H groups in total. The molecule has 2 rings (SSSR count). The minimum atomic E-state index is -0.822. The van der Waals surface area contributed by atoms with E-state index in [0.29, 0.717) is 25.4 Å². The van der Waals surface area contributed by atoms with E-state index in [2.05, 4.69) is 31.4 Å². The van der Waals surface area contributed by atoms with E-state index in [9.17, 15) is 14.4 Å². The van der Waals surface area contributed by atoms with Crippen LogP contribution in [0.25, 0.3) is 0 Å². The summed E-state index contributed by atoms with van der Waals surface area (Å²) in [6.45, 7) is 8.57. The lowest BCUT2D eigenvalue weighted by molar-refractivity contribution is -0.136. The molecule has 1 heterocycles. The van der Waals surface area contributed by atoms with Gasteiger partial charge in [0.25, 0.3) is 5.91 Å². The zero-order valence-electron chi connectivity index (χ0n) is 16.0. The van der Waals surface area contributed by atoms with Crippen LogP contribution in [0, 0.1) is 11.3 Å². The summed E-state index contributed by atoms with van der Waals surface area (Å²) in [5.74, 6) is -0.0806. The smallest absolute Gasteiger partial charge is 0.325 e. The Hall–Kier alpha value is -1.63. The maximum absolute atomic E-state index is 12.8. The molecule has 1 saturated carbocycles. The van der Waals surface area contributed by atoms with Crippen molar-refractivity contribution in [3.05, 3.63) is 0 Å². The van der Waals surface area contributed by atoms with E-state index < -0.39 is 11.6 Å². The van der Waals surface area contributed by atoms with Gasteiger partial charge in [-0.1, -0.05) is 20.8 Å². The van der Waals surface area contributed by atoms with Crippen molar-refractivity contribution in [1.82, 2.24) is 15.5 Å². The Morgan fingerprint density at radius 1 is 1.36 bits per heavy atom. The summed E-state index contributed by atoms with van der Waals surface area (Å²) in [7, 11) is 1.55. The number of carbonyl (C=O) groups is 3. The molecule has 142 valence electrons. The number of carbonyl (C=O) groups excluding carboxylic acids is 3. The number of hydrogen-bond donors (Lipinski definition) is 2. The van der Waals surface area contributed by atoms with Gasteiger partial charge >= 0.3 is 6.03 Å². The first-order chi connectivity index (χ1) is 11.6. The SMILES string of the molecule is COCC(C)NC(=O)CN1C(=O)NC2(CCC(C(C)(C)C)CC2)C1=O. The first-order valence-electron chi connectivity index (χ1n) is 9.01. The van der Waals surface area contributed by atoms with Crippen molar-refractivity contribution in [2.24, 2.45) is 11.3 Å². The first-order valence-corrected chi connectivity index (χ1v) is 9.01. The Morgan fingerprint density at radius 3 is 2.48 bits per heavy atom. The summed E-state index contributed by atoms with van der Waals surface area (Å²) >= 11 is 0. The third kappa shape index (κ3) is 4.32. The number of rotatable bonds is 5. The van der Waals surface area contributed by atoms with Gasteiger partial charge in [-0.3, -0.25) is 14.5 Å². The molecule has 4 amide bonds. The molecule has 0 bridgehead atoms. The van der Waals surface area contributed by atoms with E-state index in [4.69, 9.17) is 4.74 Å². The molecule has 1 spiro atoms. The number of hydrogen-bond acceptors (Lipinski definition) is 4. The van der Waals surface area contributed by atoms with E-state index in [1.807, 2.05) is 6.92 Å². The Kier molecular flexibility index (Phi) is 5.76. The normalized spacial score (nSPS) is 28.2. The van der Waals surface area contributed by atoms with Gasteiger partial charge in [0, 0.05) is 13.2 Å². The van der Waals surface area contributed by atoms with Crippen molar-refractivity contribution >= 4 is 17.8 Å². The van der Waals surface area contributed by atoms with Gasteiger partial charge in [-0.25, -0.2) is 4.79 Å². The fourth-order valence-electron chi connectivity index (χ4n) is 3.89. The number of methoxy groups -OCH3 is 1. The van der Waals surface area contributed by atoms with Crippen molar-refractivity contribution in [2.45, 2.75) is 65.0 Å². The Balaban J connectivity index is 1.97. The van der Waals surface area contributed by atoms with Crippen molar-refractivity contribution in [3.63, 3.8) is 0 Å². The van der Waals surface area contributed by atoms with Crippen molar-refractivity contribution in [1.29, 1.82) is 0 Å². The number of urea groups is 1. The predicted octanol–water partition coefficient (Wildman–Crippen LogP) is 1.66. The average molecular weight is 353 g/mol. The van der Waals surface area contributed by atoms with Crippen molar-refractivity contribution in [3.8, 4) is 0 Å². The zero-order chi connectivity index (χ0) is 18.8. The molecule has 0 radical (unpaired) electrons. The number of nitrogens with one attached hydrogen (secondary N) is 2. The second-order valence-corrected chi connectivity index (χ2v) is 8.47. The van der Waals surface area contributed by atoms with Crippen LogP contribution < -0.4 is 10.6 Å². The monoisotopic (exact) mass is 353 g/mol. The molecule has 1 aliphatic heterocycles. The van der Waals surface area contributed by atoms with E-state index in [0.717, 1.165) is 17.7 Å². The lowest BCUT2D eigenvalue weighted by Gasteiger charge is -2.40. The van der Waals surface area contributed by atoms with Gasteiger partial charge in [0.05, 0.1) is 6.61 Å². The van der Waals surface area contributed by atoms with E-state index in [-0.39, 0.29) is 29.8 Å². The molecule has 7 heteroatoms. The average Bonchev–Trinajstić information content (AvgIpc) is 2.71. The Labute approximate surface area is 149 Å². The fourth-order valence-corrected chi connectivity index (χ4v) is 3.89. The van der Waals surface area contributed by atoms with Crippen molar-refractivity contribution in [2.75, 3.05) is 20.3 Å². The minimum Gasteiger partial charge on any atom is -0.383 e. The van der Waals surface area contributed by atoms with Gasteiger partial charge in [-0.2, -0.15) is 0 Å². The molecule has 0 aromatic rings. The number of amides is 4. The van der Waals surface area contributed by atoms with E-state index in [1.165, 1.54) is 0 Å². The standard InChI is InChI=1S/C18H31N3O4/c1-12(11-25-5)19-14(22)10-21-15(23)18(20-16(21)24)8-6-13(7-9-18)17(2,3)4/h12-13H,6-11H2,1-5H3,(H,19,22)(H,20,24). The van der Waals surface area contributed by atoms with Gasteiger partial charge in [0.1, 0.15) is 12.1 Å². The Morgan fingerprint density at radius 2 is 1.96 bits per heavy atom. The largest absolute Gasteiger partial charge is 0.383 e.